The van der Waals surface area contributed by atoms with Gasteiger partial charge in [0.15, 0.2) is 5.70 Å². The molecule has 7 nitrogen and oxygen atoms in total. The van der Waals surface area contributed by atoms with E-state index in [1.54, 1.807) is 6.07 Å². The number of aliphatic imine (C=N–C) groups is 1. The van der Waals surface area contributed by atoms with Gasteiger partial charge in [0.25, 0.3) is 0 Å². The molecule has 3 rings (SSSR count). The molecule has 2 aromatic rings. The van der Waals surface area contributed by atoms with Crippen LogP contribution in [0.15, 0.2) is 53.2 Å². The zero-order chi connectivity index (χ0) is 17.3. The molecule has 8 heteroatoms. The Bertz CT molecular complexity index is 920. The Balaban J connectivity index is 2.03. The Morgan fingerprint density at radius 1 is 1.21 bits per heavy atom. The van der Waals surface area contributed by atoms with Gasteiger partial charge in [-0.2, -0.15) is 0 Å². The highest BCUT2D eigenvalue weighted by Crippen LogP contribution is 2.32. The Kier molecular flexibility index (Phi) is 3.78. The Morgan fingerprint density at radius 3 is 2.67 bits per heavy atom. The summed E-state index contributed by atoms with van der Waals surface area (Å²) in [6.07, 6.45) is 1.14. The third kappa shape index (κ3) is 2.72. The van der Waals surface area contributed by atoms with Crippen molar-refractivity contribution in [2.24, 2.45) is 4.99 Å². The Hall–Kier alpha value is -3.55. The van der Waals surface area contributed by atoms with E-state index in [0.717, 1.165) is 12.1 Å². The van der Waals surface area contributed by atoms with Crippen LogP contribution in [-0.4, -0.2) is 21.9 Å². The maximum atomic E-state index is 13.7. The van der Waals surface area contributed by atoms with Crippen molar-refractivity contribution >= 4 is 23.6 Å². The number of halogens is 1. The fourth-order valence-corrected chi connectivity index (χ4v) is 2.12. The number of nitro benzene ring substituents is 1. The Morgan fingerprint density at radius 2 is 1.96 bits per heavy atom. The van der Waals surface area contributed by atoms with Crippen molar-refractivity contribution in [1.82, 2.24) is 0 Å². The van der Waals surface area contributed by atoms with Crippen LogP contribution in [0.3, 0.4) is 0 Å². The molecule has 0 amide bonds. The van der Waals surface area contributed by atoms with E-state index in [2.05, 4.69) is 4.99 Å². The minimum absolute atomic E-state index is 0.0116. The molecule has 24 heavy (non-hydrogen) atoms. The molecule has 1 N–H and O–H groups in total. The van der Waals surface area contributed by atoms with Crippen LogP contribution < -0.4 is 0 Å². The van der Waals surface area contributed by atoms with E-state index in [1.165, 1.54) is 30.3 Å². The zero-order valence-corrected chi connectivity index (χ0v) is 12.0. The summed E-state index contributed by atoms with van der Waals surface area (Å²) in [7, 11) is 0. The number of para-hydroxylation sites is 1. The fourth-order valence-electron chi connectivity index (χ4n) is 2.12. The first kappa shape index (κ1) is 15.3. The molecule has 0 bridgehead atoms. The maximum absolute atomic E-state index is 13.7. The van der Waals surface area contributed by atoms with Crippen LogP contribution in [0.25, 0.3) is 6.08 Å². The topological polar surface area (TPSA) is 102 Å². The molecular weight excluding hydrogens is 319 g/mol. The van der Waals surface area contributed by atoms with Crippen molar-refractivity contribution in [2.45, 2.75) is 0 Å². The maximum Gasteiger partial charge on any atom is 0.363 e. The molecular formula is C16H9FN2O5. The van der Waals surface area contributed by atoms with Crippen LogP contribution in [0.2, 0.25) is 0 Å². The highest BCUT2D eigenvalue weighted by atomic mass is 19.1. The highest BCUT2D eigenvalue weighted by molar-refractivity contribution is 6.13. The monoisotopic (exact) mass is 328 g/mol. The minimum Gasteiger partial charge on any atom is -0.502 e. The average Bonchev–Trinajstić information content (AvgIpc) is 2.90. The normalized spacial score (nSPS) is 15.3. The molecule has 2 aromatic carbocycles. The largest absolute Gasteiger partial charge is 0.502 e. The predicted octanol–water partition coefficient (Wildman–Crippen LogP) is 2.78. The lowest BCUT2D eigenvalue weighted by atomic mass is 10.1. The summed E-state index contributed by atoms with van der Waals surface area (Å²) in [5, 5.41) is 20.7. The van der Waals surface area contributed by atoms with Gasteiger partial charge in [0.2, 0.25) is 11.6 Å². The van der Waals surface area contributed by atoms with Gasteiger partial charge in [0.1, 0.15) is 5.82 Å². The first-order valence-corrected chi connectivity index (χ1v) is 6.71. The second kappa shape index (κ2) is 5.92. The van der Waals surface area contributed by atoms with Crippen molar-refractivity contribution in [3.8, 4) is 5.75 Å². The lowest BCUT2D eigenvalue weighted by Gasteiger charge is -2.00. The average molecular weight is 328 g/mol. The van der Waals surface area contributed by atoms with Gasteiger partial charge in [0, 0.05) is 11.6 Å². The molecule has 120 valence electrons. The second-order valence-corrected chi connectivity index (χ2v) is 4.79. The van der Waals surface area contributed by atoms with Crippen molar-refractivity contribution in [3.05, 3.63) is 75.2 Å². The third-order valence-electron chi connectivity index (χ3n) is 3.26. The van der Waals surface area contributed by atoms with Gasteiger partial charge in [-0.15, -0.1) is 0 Å². The summed E-state index contributed by atoms with van der Waals surface area (Å²) >= 11 is 0. The molecule has 0 unspecified atom stereocenters. The predicted molar refractivity (Wildman–Crippen MR) is 81.8 cm³/mol. The van der Waals surface area contributed by atoms with Gasteiger partial charge in [-0.1, -0.05) is 24.3 Å². The van der Waals surface area contributed by atoms with E-state index < -0.39 is 28.1 Å². The van der Waals surface area contributed by atoms with E-state index in [-0.39, 0.29) is 22.7 Å². The quantitative estimate of drug-likeness (QED) is 0.404. The standard InChI is InChI=1S/C16H9FN2O5/c17-11-6-2-1-5-10(11)15-18-12(16(21)24-15)8-9-4-3-7-13(14(9)20)19(22)23/h1-8,20H. The molecule has 0 radical (unpaired) electrons. The number of hydrogen-bond donors (Lipinski definition) is 1. The number of ether oxygens (including phenoxy) is 1. The van der Waals surface area contributed by atoms with E-state index >= 15 is 0 Å². The number of benzene rings is 2. The molecule has 0 fully saturated rings. The first-order valence-electron chi connectivity index (χ1n) is 6.71. The minimum atomic E-state index is -0.848. The summed E-state index contributed by atoms with van der Waals surface area (Å²) in [5.74, 6) is -2.27. The number of aromatic hydroxyl groups is 1. The molecule has 0 atom stereocenters. The SMILES string of the molecule is O=C1OC(c2ccccc2F)=NC1=Cc1cccc([N+](=O)[O-])c1O. The fraction of sp³-hybridized carbons (Fsp3) is 0. The number of rotatable bonds is 3. The number of phenols is 1. The smallest absolute Gasteiger partial charge is 0.363 e. The number of esters is 1. The number of carbonyl (C=O) groups excluding carboxylic acids is 1. The number of nitrogens with zero attached hydrogens (tertiary/aromatic N) is 2. The third-order valence-corrected chi connectivity index (χ3v) is 3.26. The summed E-state index contributed by atoms with van der Waals surface area (Å²) in [6, 6.07) is 9.48. The van der Waals surface area contributed by atoms with Crippen molar-refractivity contribution in [1.29, 1.82) is 0 Å². The van der Waals surface area contributed by atoms with E-state index in [9.17, 15) is 24.4 Å². The summed E-state index contributed by atoms with van der Waals surface area (Å²) < 4.78 is 18.6. The van der Waals surface area contributed by atoms with Crippen molar-refractivity contribution in [2.75, 3.05) is 0 Å². The van der Waals surface area contributed by atoms with E-state index in [0.29, 0.717) is 0 Å². The number of nitro groups is 1. The molecule has 0 spiro atoms. The van der Waals surface area contributed by atoms with Gasteiger partial charge in [-0.25, -0.2) is 14.2 Å². The molecule has 0 aliphatic carbocycles. The van der Waals surface area contributed by atoms with Gasteiger partial charge in [0.05, 0.1) is 10.5 Å². The molecule has 0 aromatic heterocycles. The summed E-state index contributed by atoms with van der Waals surface area (Å²) in [6.45, 7) is 0. The van der Waals surface area contributed by atoms with Crippen LogP contribution in [0.1, 0.15) is 11.1 Å². The second-order valence-electron chi connectivity index (χ2n) is 4.79. The van der Waals surface area contributed by atoms with Gasteiger partial charge < -0.3 is 9.84 Å². The summed E-state index contributed by atoms with van der Waals surface area (Å²) in [5.41, 5.74) is -0.676. The number of carbonyl (C=O) groups is 1. The van der Waals surface area contributed by atoms with Gasteiger partial charge >= 0.3 is 11.7 Å². The Labute approximate surface area is 134 Å². The first-order chi connectivity index (χ1) is 11.5. The zero-order valence-electron chi connectivity index (χ0n) is 12.0. The van der Waals surface area contributed by atoms with Crippen LogP contribution >= 0.6 is 0 Å². The number of hydrogen-bond acceptors (Lipinski definition) is 6. The lowest BCUT2D eigenvalue weighted by Crippen LogP contribution is -2.07. The molecule has 1 aliphatic heterocycles. The molecule has 0 saturated heterocycles. The molecule has 1 aliphatic rings. The van der Waals surface area contributed by atoms with Crippen molar-refractivity contribution < 1.29 is 24.0 Å². The van der Waals surface area contributed by atoms with E-state index in [1.807, 2.05) is 0 Å². The molecule has 1 heterocycles. The van der Waals surface area contributed by atoms with Crippen molar-refractivity contribution in [3.63, 3.8) is 0 Å². The van der Waals surface area contributed by atoms with Crippen LogP contribution in [0, 0.1) is 15.9 Å². The van der Waals surface area contributed by atoms with Crippen LogP contribution in [0.5, 0.6) is 5.75 Å². The summed E-state index contributed by atoms with van der Waals surface area (Å²) in [4.78, 5) is 25.8. The number of phenolic OH excluding ortho intramolecular Hbond substituents is 1. The van der Waals surface area contributed by atoms with Crippen LogP contribution in [0.4, 0.5) is 10.1 Å². The van der Waals surface area contributed by atoms with Gasteiger partial charge in [-0.3, -0.25) is 10.1 Å². The number of cyclic esters (lactones) is 1. The van der Waals surface area contributed by atoms with Gasteiger partial charge in [-0.05, 0) is 18.2 Å². The van der Waals surface area contributed by atoms with Crippen LogP contribution in [-0.2, 0) is 9.53 Å². The highest BCUT2D eigenvalue weighted by Gasteiger charge is 2.26. The lowest BCUT2D eigenvalue weighted by molar-refractivity contribution is -0.385. The molecule has 0 saturated carbocycles. The van der Waals surface area contributed by atoms with E-state index in [4.69, 9.17) is 4.74 Å².